The lowest BCUT2D eigenvalue weighted by atomic mass is 9.96. The number of hydrogen-bond acceptors (Lipinski definition) is 2. The van der Waals surface area contributed by atoms with Gasteiger partial charge in [-0.2, -0.15) is 0 Å². The molecule has 1 aliphatic carbocycles. The second kappa shape index (κ2) is 6.90. The summed E-state index contributed by atoms with van der Waals surface area (Å²) in [7, 11) is 0. The predicted octanol–water partition coefficient (Wildman–Crippen LogP) is 4.34. The van der Waals surface area contributed by atoms with Crippen LogP contribution in [-0.2, 0) is 4.79 Å². The summed E-state index contributed by atoms with van der Waals surface area (Å²) >= 11 is 5.98. The molecule has 0 aliphatic heterocycles. The first kappa shape index (κ1) is 14.3. The minimum Gasteiger partial charge on any atom is -0.323 e. The average Bonchev–Trinajstić information content (AvgIpc) is 2.62. The number of anilines is 1. The largest absolute Gasteiger partial charge is 0.323 e. The first-order valence-corrected chi connectivity index (χ1v) is 7.45. The van der Waals surface area contributed by atoms with Gasteiger partial charge in [0.2, 0.25) is 5.91 Å². The zero-order valence-electron chi connectivity index (χ0n) is 11.4. The van der Waals surface area contributed by atoms with Gasteiger partial charge in [0.05, 0.1) is 5.69 Å². The molecule has 1 aliphatic rings. The van der Waals surface area contributed by atoms with E-state index in [2.05, 4.69) is 10.3 Å². The number of amides is 1. The summed E-state index contributed by atoms with van der Waals surface area (Å²) in [5, 5.41) is 3.25. The van der Waals surface area contributed by atoms with E-state index < -0.39 is 0 Å². The molecule has 2 rings (SSSR count). The number of rotatable bonds is 3. The smallest absolute Gasteiger partial charge is 0.224 e. The van der Waals surface area contributed by atoms with Crippen molar-refractivity contribution >= 4 is 23.2 Å². The molecule has 1 amide bonds. The van der Waals surface area contributed by atoms with Gasteiger partial charge >= 0.3 is 0 Å². The van der Waals surface area contributed by atoms with E-state index in [0.29, 0.717) is 23.2 Å². The van der Waals surface area contributed by atoms with Gasteiger partial charge in [0.25, 0.3) is 0 Å². The molecule has 1 fully saturated rings. The quantitative estimate of drug-likeness (QED) is 0.661. The number of aromatic nitrogens is 1. The molecule has 19 heavy (non-hydrogen) atoms. The first-order valence-electron chi connectivity index (χ1n) is 7.07. The monoisotopic (exact) mass is 280 g/mol. The van der Waals surface area contributed by atoms with Gasteiger partial charge in [-0.05, 0) is 37.3 Å². The molecule has 0 atom stereocenters. The van der Waals surface area contributed by atoms with Gasteiger partial charge in [-0.3, -0.25) is 4.79 Å². The van der Waals surface area contributed by atoms with Crippen LogP contribution >= 0.6 is 11.6 Å². The van der Waals surface area contributed by atoms with Crippen LogP contribution in [-0.4, -0.2) is 10.9 Å². The Morgan fingerprint density at radius 1 is 1.37 bits per heavy atom. The number of aryl methyl sites for hydroxylation is 1. The number of hydrogen-bond donors (Lipinski definition) is 1. The van der Waals surface area contributed by atoms with Crippen LogP contribution in [0, 0.1) is 12.8 Å². The van der Waals surface area contributed by atoms with E-state index in [9.17, 15) is 4.79 Å². The molecular weight excluding hydrogens is 260 g/mol. The van der Waals surface area contributed by atoms with Crippen molar-refractivity contribution in [3.05, 3.63) is 23.0 Å². The van der Waals surface area contributed by atoms with E-state index in [4.69, 9.17) is 11.6 Å². The van der Waals surface area contributed by atoms with Gasteiger partial charge < -0.3 is 5.32 Å². The Bertz CT molecular complexity index is 440. The Balaban J connectivity index is 1.91. The van der Waals surface area contributed by atoms with Gasteiger partial charge in [0.15, 0.2) is 5.15 Å². The highest BCUT2D eigenvalue weighted by Crippen LogP contribution is 2.26. The molecule has 1 aromatic heterocycles. The highest BCUT2D eigenvalue weighted by Gasteiger charge is 2.16. The van der Waals surface area contributed by atoms with E-state index in [1.54, 1.807) is 6.20 Å². The average molecular weight is 281 g/mol. The maximum atomic E-state index is 12.1. The fourth-order valence-electron chi connectivity index (χ4n) is 2.67. The summed E-state index contributed by atoms with van der Waals surface area (Å²) in [6.45, 7) is 1.93. The van der Waals surface area contributed by atoms with Gasteiger partial charge in [0, 0.05) is 12.6 Å². The van der Waals surface area contributed by atoms with Crippen LogP contribution in [0.5, 0.6) is 0 Å². The number of nitrogens with zero attached hydrogens (tertiary/aromatic N) is 1. The number of halogens is 1. The summed E-state index contributed by atoms with van der Waals surface area (Å²) in [4.78, 5) is 16.1. The Morgan fingerprint density at radius 3 is 2.74 bits per heavy atom. The first-order chi connectivity index (χ1) is 9.15. The van der Waals surface area contributed by atoms with Crippen molar-refractivity contribution in [2.45, 2.75) is 51.9 Å². The molecule has 0 radical (unpaired) electrons. The van der Waals surface area contributed by atoms with Crippen LogP contribution in [0.1, 0.15) is 50.5 Å². The van der Waals surface area contributed by atoms with E-state index in [1.165, 1.54) is 38.5 Å². The normalized spacial score (nSPS) is 16.9. The molecule has 0 bridgehead atoms. The molecule has 3 nitrogen and oxygen atoms in total. The third-order valence-corrected chi connectivity index (χ3v) is 4.00. The lowest BCUT2D eigenvalue weighted by Gasteiger charge is -2.14. The zero-order valence-corrected chi connectivity index (χ0v) is 12.2. The zero-order chi connectivity index (χ0) is 13.7. The maximum absolute atomic E-state index is 12.1. The van der Waals surface area contributed by atoms with E-state index in [-0.39, 0.29) is 5.91 Å². The van der Waals surface area contributed by atoms with E-state index in [0.717, 1.165) is 5.56 Å². The molecule has 0 saturated heterocycles. The second-order valence-corrected chi connectivity index (χ2v) is 5.82. The van der Waals surface area contributed by atoms with Gasteiger partial charge in [-0.1, -0.05) is 37.3 Å². The Kier molecular flexibility index (Phi) is 5.20. The number of nitrogens with one attached hydrogen (secondary N) is 1. The molecule has 1 N–H and O–H groups in total. The SMILES string of the molecule is Cc1cnc(Cl)c(NC(=O)CC2CCCCCC2)c1. The molecule has 104 valence electrons. The van der Waals surface area contributed by atoms with Crippen LogP contribution < -0.4 is 5.32 Å². The summed E-state index contributed by atoms with van der Waals surface area (Å²) in [6.07, 6.45) is 9.78. The third-order valence-electron chi connectivity index (χ3n) is 3.70. The van der Waals surface area contributed by atoms with E-state index in [1.807, 2.05) is 13.0 Å². The van der Waals surface area contributed by atoms with E-state index >= 15 is 0 Å². The van der Waals surface area contributed by atoms with Crippen molar-refractivity contribution in [1.29, 1.82) is 0 Å². The molecule has 1 heterocycles. The van der Waals surface area contributed by atoms with Gasteiger partial charge in [-0.25, -0.2) is 4.98 Å². The van der Waals surface area contributed by atoms with Crippen molar-refractivity contribution < 1.29 is 4.79 Å². The number of pyridine rings is 1. The highest BCUT2D eigenvalue weighted by atomic mass is 35.5. The molecule has 0 unspecified atom stereocenters. The van der Waals surface area contributed by atoms with Gasteiger partial charge in [-0.15, -0.1) is 0 Å². The summed E-state index contributed by atoms with van der Waals surface area (Å²) in [5.74, 6) is 0.584. The van der Waals surface area contributed by atoms with Gasteiger partial charge in [0.1, 0.15) is 0 Å². The van der Waals surface area contributed by atoms with Crippen LogP contribution in [0.4, 0.5) is 5.69 Å². The Labute approximate surface area is 119 Å². The minimum absolute atomic E-state index is 0.0567. The van der Waals surface area contributed by atoms with Crippen molar-refractivity contribution in [1.82, 2.24) is 4.98 Å². The predicted molar refractivity (Wildman–Crippen MR) is 78.4 cm³/mol. The molecule has 0 spiro atoms. The Morgan fingerprint density at radius 2 is 2.05 bits per heavy atom. The lowest BCUT2D eigenvalue weighted by Crippen LogP contribution is -2.17. The van der Waals surface area contributed by atoms with Crippen molar-refractivity contribution in [3.63, 3.8) is 0 Å². The Hall–Kier alpha value is -1.09. The van der Waals surface area contributed by atoms with Crippen molar-refractivity contribution in [2.75, 3.05) is 5.32 Å². The molecule has 1 aromatic rings. The fourth-order valence-corrected chi connectivity index (χ4v) is 2.82. The molecule has 0 aromatic carbocycles. The summed E-state index contributed by atoms with van der Waals surface area (Å²) < 4.78 is 0. The molecular formula is C15H21ClN2O. The van der Waals surface area contributed by atoms with Crippen LogP contribution in [0.2, 0.25) is 5.15 Å². The number of carbonyl (C=O) groups excluding carboxylic acids is 1. The molecule has 1 saturated carbocycles. The summed E-state index contributed by atoms with van der Waals surface area (Å²) in [6, 6.07) is 1.86. The maximum Gasteiger partial charge on any atom is 0.224 e. The number of carbonyl (C=O) groups is 1. The second-order valence-electron chi connectivity index (χ2n) is 5.46. The molecule has 4 heteroatoms. The summed E-state index contributed by atoms with van der Waals surface area (Å²) in [5.41, 5.74) is 1.62. The van der Waals surface area contributed by atoms with Crippen LogP contribution in [0.15, 0.2) is 12.3 Å². The fraction of sp³-hybridized carbons (Fsp3) is 0.600. The third kappa shape index (κ3) is 4.50. The highest BCUT2D eigenvalue weighted by molar-refractivity contribution is 6.32. The van der Waals surface area contributed by atoms with Crippen LogP contribution in [0.25, 0.3) is 0 Å². The lowest BCUT2D eigenvalue weighted by molar-refractivity contribution is -0.117. The standard InChI is InChI=1S/C15H21ClN2O/c1-11-8-13(15(16)17-10-11)18-14(19)9-12-6-4-2-3-5-7-12/h8,10,12H,2-7,9H2,1H3,(H,18,19). The topological polar surface area (TPSA) is 42.0 Å². The minimum atomic E-state index is 0.0567. The van der Waals surface area contributed by atoms with Crippen molar-refractivity contribution in [3.8, 4) is 0 Å². The van der Waals surface area contributed by atoms with Crippen molar-refractivity contribution in [2.24, 2.45) is 5.92 Å². The van der Waals surface area contributed by atoms with Crippen LogP contribution in [0.3, 0.4) is 0 Å².